The third-order valence-electron chi connectivity index (χ3n) is 3.68. The van der Waals surface area contributed by atoms with Crippen molar-refractivity contribution in [1.29, 1.82) is 0 Å². The van der Waals surface area contributed by atoms with Gasteiger partial charge in [-0.25, -0.2) is 12.7 Å². The number of nitrogens with zero attached hydrogens (tertiary/aromatic N) is 3. The highest BCUT2D eigenvalue weighted by Crippen LogP contribution is 2.23. The molecule has 2 aromatic rings. The molecule has 1 aliphatic rings. The Morgan fingerprint density at radius 3 is 2.73 bits per heavy atom. The van der Waals surface area contributed by atoms with Gasteiger partial charge in [-0.3, -0.25) is 0 Å². The molecule has 1 aromatic heterocycles. The number of sulfonamides is 1. The number of benzene rings is 1. The van der Waals surface area contributed by atoms with Crippen LogP contribution in [0.3, 0.4) is 0 Å². The van der Waals surface area contributed by atoms with Crippen LogP contribution in [0.5, 0.6) is 0 Å². The van der Waals surface area contributed by atoms with Crippen molar-refractivity contribution in [3.8, 4) is 11.4 Å². The van der Waals surface area contributed by atoms with E-state index in [2.05, 4.69) is 14.7 Å². The lowest BCUT2D eigenvalue weighted by Gasteiger charge is -2.37. The Labute approximate surface area is 134 Å². The van der Waals surface area contributed by atoms with Gasteiger partial charge in [-0.2, -0.15) is 9.36 Å². The van der Waals surface area contributed by atoms with Gasteiger partial charge in [-0.05, 0) is 6.92 Å². The summed E-state index contributed by atoms with van der Waals surface area (Å²) in [5.41, 5.74) is 0.996. The molecule has 1 fully saturated rings. The zero-order chi connectivity index (χ0) is 15.6. The summed E-state index contributed by atoms with van der Waals surface area (Å²) >= 11 is 1.33. The fraction of sp³-hybridized carbons (Fsp3) is 0.429. The molecule has 0 bridgehead atoms. The predicted molar refractivity (Wildman–Crippen MR) is 88.4 cm³/mol. The number of hydrogen-bond donors (Lipinski definition) is 1. The van der Waals surface area contributed by atoms with E-state index in [1.807, 2.05) is 30.3 Å². The van der Waals surface area contributed by atoms with Gasteiger partial charge in [-0.15, -0.1) is 0 Å². The molecule has 1 aromatic carbocycles. The number of anilines is 1. The van der Waals surface area contributed by atoms with E-state index >= 15 is 0 Å². The zero-order valence-corrected chi connectivity index (χ0v) is 13.9. The van der Waals surface area contributed by atoms with Crippen molar-refractivity contribution in [2.75, 3.05) is 30.7 Å². The molecule has 0 atom stereocenters. The number of nitrogens with one attached hydrogen (secondary N) is 1. The summed E-state index contributed by atoms with van der Waals surface area (Å²) in [6.07, 6.45) is 0. The Balaban J connectivity index is 1.51. The smallest absolute Gasteiger partial charge is 0.213 e. The predicted octanol–water partition coefficient (Wildman–Crippen LogP) is 1.90. The Bertz CT molecular complexity index is 724. The minimum absolute atomic E-state index is 0.171. The van der Waals surface area contributed by atoms with E-state index < -0.39 is 10.0 Å². The van der Waals surface area contributed by atoms with Crippen molar-refractivity contribution in [2.45, 2.75) is 6.92 Å². The first-order valence-electron chi connectivity index (χ1n) is 7.19. The Morgan fingerprint density at radius 2 is 2.05 bits per heavy atom. The average molecular weight is 338 g/mol. The summed E-state index contributed by atoms with van der Waals surface area (Å²) < 4.78 is 29.2. The molecule has 1 aliphatic heterocycles. The zero-order valence-electron chi connectivity index (χ0n) is 12.3. The van der Waals surface area contributed by atoms with Crippen LogP contribution in [-0.2, 0) is 10.0 Å². The van der Waals surface area contributed by atoms with E-state index in [-0.39, 0.29) is 5.75 Å². The van der Waals surface area contributed by atoms with Gasteiger partial charge in [0.15, 0.2) is 5.82 Å². The molecule has 0 spiro atoms. The van der Waals surface area contributed by atoms with E-state index in [1.165, 1.54) is 15.8 Å². The lowest BCUT2D eigenvalue weighted by molar-refractivity contribution is 0.212. The van der Waals surface area contributed by atoms with E-state index in [4.69, 9.17) is 0 Å². The lowest BCUT2D eigenvalue weighted by atomic mass is 10.0. The van der Waals surface area contributed by atoms with Gasteiger partial charge < -0.3 is 5.32 Å². The quantitative estimate of drug-likeness (QED) is 0.871. The highest BCUT2D eigenvalue weighted by Gasteiger charge is 2.34. The maximum Gasteiger partial charge on any atom is 0.213 e. The molecule has 2 heterocycles. The highest BCUT2D eigenvalue weighted by atomic mass is 32.2. The van der Waals surface area contributed by atoms with Gasteiger partial charge in [0.05, 0.1) is 5.75 Å². The molecule has 8 heteroatoms. The van der Waals surface area contributed by atoms with Crippen LogP contribution < -0.4 is 5.32 Å². The lowest BCUT2D eigenvalue weighted by Crippen LogP contribution is -2.52. The van der Waals surface area contributed by atoms with Crippen LogP contribution in [0.25, 0.3) is 11.4 Å². The normalized spacial score (nSPS) is 16.4. The summed E-state index contributed by atoms with van der Waals surface area (Å²) in [6.45, 7) is 3.58. The largest absolute Gasteiger partial charge is 0.360 e. The van der Waals surface area contributed by atoms with Gasteiger partial charge in [0.2, 0.25) is 15.2 Å². The highest BCUT2D eigenvalue weighted by molar-refractivity contribution is 7.89. The van der Waals surface area contributed by atoms with Crippen LogP contribution in [0.1, 0.15) is 6.92 Å². The molecule has 0 saturated carbocycles. The van der Waals surface area contributed by atoms with Gasteiger partial charge in [-0.1, -0.05) is 30.3 Å². The fourth-order valence-electron chi connectivity index (χ4n) is 2.29. The van der Waals surface area contributed by atoms with E-state index in [9.17, 15) is 8.42 Å². The summed E-state index contributed by atoms with van der Waals surface area (Å²) in [4.78, 5) is 4.46. The van der Waals surface area contributed by atoms with Crippen LogP contribution in [-0.4, -0.2) is 47.5 Å². The van der Waals surface area contributed by atoms with Crippen molar-refractivity contribution in [3.63, 3.8) is 0 Å². The summed E-state index contributed by atoms with van der Waals surface area (Å²) in [6, 6.07) is 9.83. The molecule has 1 N–H and O–H groups in total. The molecule has 22 heavy (non-hydrogen) atoms. The third-order valence-corrected chi connectivity index (χ3v) is 6.17. The van der Waals surface area contributed by atoms with E-state index in [1.54, 1.807) is 6.92 Å². The Kier molecular flexibility index (Phi) is 4.42. The average Bonchev–Trinajstić information content (AvgIpc) is 2.95. The molecule has 0 amide bonds. The second kappa shape index (κ2) is 6.31. The maximum absolute atomic E-state index is 11.6. The minimum atomic E-state index is -3.03. The van der Waals surface area contributed by atoms with E-state index in [0.717, 1.165) is 23.1 Å². The monoisotopic (exact) mass is 338 g/mol. The molecule has 0 aliphatic carbocycles. The summed E-state index contributed by atoms with van der Waals surface area (Å²) in [7, 11) is -3.03. The molecule has 3 rings (SSSR count). The number of aromatic nitrogens is 2. The fourth-order valence-corrected chi connectivity index (χ4v) is 4.13. The van der Waals surface area contributed by atoms with Crippen LogP contribution in [0.4, 0.5) is 5.13 Å². The van der Waals surface area contributed by atoms with Gasteiger partial charge in [0.25, 0.3) is 0 Å². The SMILES string of the molecule is CCS(=O)(=O)N1CC(CNc2nc(-c3ccccc3)ns2)C1. The summed E-state index contributed by atoms with van der Waals surface area (Å²) in [5.74, 6) is 1.23. The molecular formula is C14H18N4O2S2. The first-order chi connectivity index (χ1) is 10.6. The molecular weight excluding hydrogens is 320 g/mol. The topological polar surface area (TPSA) is 75.2 Å². The molecule has 1 saturated heterocycles. The van der Waals surface area contributed by atoms with Crippen molar-refractivity contribution < 1.29 is 8.42 Å². The minimum Gasteiger partial charge on any atom is -0.360 e. The van der Waals surface area contributed by atoms with Crippen molar-refractivity contribution >= 4 is 26.7 Å². The Morgan fingerprint density at radius 1 is 1.32 bits per heavy atom. The first-order valence-corrected chi connectivity index (χ1v) is 9.57. The summed E-state index contributed by atoms with van der Waals surface area (Å²) in [5, 5.41) is 4.02. The molecule has 118 valence electrons. The first kappa shape index (κ1) is 15.4. The number of rotatable bonds is 6. The maximum atomic E-state index is 11.6. The third kappa shape index (κ3) is 3.29. The van der Waals surface area contributed by atoms with Crippen molar-refractivity contribution in [2.24, 2.45) is 5.92 Å². The molecule has 6 nitrogen and oxygen atoms in total. The van der Waals surface area contributed by atoms with Gasteiger partial charge in [0, 0.05) is 42.6 Å². The second-order valence-corrected chi connectivity index (χ2v) is 8.26. The van der Waals surface area contributed by atoms with Crippen LogP contribution in [0.15, 0.2) is 30.3 Å². The van der Waals surface area contributed by atoms with Gasteiger partial charge >= 0.3 is 0 Å². The van der Waals surface area contributed by atoms with Gasteiger partial charge in [0.1, 0.15) is 0 Å². The Hall–Kier alpha value is -1.51. The van der Waals surface area contributed by atoms with Crippen LogP contribution in [0, 0.1) is 5.92 Å². The standard InChI is InChI=1S/C14H18N4O2S2/c1-2-22(19,20)18-9-11(10-18)8-15-14-16-13(17-21-14)12-6-4-3-5-7-12/h3-7,11H,2,8-10H2,1H3,(H,15,16,17). The van der Waals surface area contributed by atoms with Crippen molar-refractivity contribution in [1.82, 2.24) is 13.7 Å². The molecule has 0 unspecified atom stereocenters. The van der Waals surface area contributed by atoms with Crippen LogP contribution in [0.2, 0.25) is 0 Å². The number of hydrogen-bond acceptors (Lipinski definition) is 6. The molecule has 0 radical (unpaired) electrons. The van der Waals surface area contributed by atoms with Crippen molar-refractivity contribution in [3.05, 3.63) is 30.3 Å². The van der Waals surface area contributed by atoms with Crippen LogP contribution >= 0.6 is 11.5 Å². The second-order valence-electron chi connectivity index (χ2n) is 5.25. The van der Waals surface area contributed by atoms with E-state index in [0.29, 0.717) is 19.0 Å².